The predicted octanol–water partition coefficient (Wildman–Crippen LogP) is 2.49. The SMILES string of the molecule is CC(C)C12CCCN1CC(Cl)C2. The van der Waals surface area contributed by atoms with Crippen LogP contribution < -0.4 is 0 Å². The summed E-state index contributed by atoms with van der Waals surface area (Å²) in [6.07, 6.45) is 3.96. The molecule has 0 radical (unpaired) electrons. The highest BCUT2D eigenvalue weighted by molar-refractivity contribution is 6.21. The first-order valence-electron chi connectivity index (χ1n) is 5.04. The number of hydrogen-bond acceptors (Lipinski definition) is 1. The van der Waals surface area contributed by atoms with E-state index in [1.165, 1.54) is 25.8 Å². The summed E-state index contributed by atoms with van der Waals surface area (Å²) in [7, 11) is 0. The molecule has 0 N–H and O–H groups in total. The van der Waals surface area contributed by atoms with Gasteiger partial charge in [-0.1, -0.05) is 13.8 Å². The Morgan fingerprint density at radius 3 is 2.83 bits per heavy atom. The summed E-state index contributed by atoms with van der Waals surface area (Å²) in [4.78, 5) is 2.62. The van der Waals surface area contributed by atoms with E-state index < -0.39 is 0 Å². The van der Waals surface area contributed by atoms with Crippen molar-refractivity contribution in [1.82, 2.24) is 4.90 Å². The Bertz CT molecular complexity index is 181. The summed E-state index contributed by atoms with van der Waals surface area (Å²) in [5, 5.41) is 0.410. The molecule has 2 aliphatic rings. The van der Waals surface area contributed by atoms with Gasteiger partial charge in [0, 0.05) is 17.5 Å². The molecule has 2 saturated heterocycles. The van der Waals surface area contributed by atoms with Crippen molar-refractivity contribution in [3.8, 4) is 0 Å². The van der Waals surface area contributed by atoms with Gasteiger partial charge in [0.05, 0.1) is 0 Å². The Kier molecular flexibility index (Phi) is 2.12. The maximum Gasteiger partial charge on any atom is 0.0481 e. The number of rotatable bonds is 1. The minimum absolute atomic E-state index is 0.410. The highest BCUT2D eigenvalue weighted by atomic mass is 35.5. The normalized spacial score (nSPS) is 42.5. The maximum atomic E-state index is 6.21. The molecule has 1 nitrogen and oxygen atoms in total. The second kappa shape index (κ2) is 2.88. The molecule has 2 fully saturated rings. The molecule has 0 saturated carbocycles. The molecule has 2 heterocycles. The quantitative estimate of drug-likeness (QED) is 0.571. The first-order chi connectivity index (χ1) is 5.65. The topological polar surface area (TPSA) is 3.24 Å². The van der Waals surface area contributed by atoms with Gasteiger partial charge in [0.25, 0.3) is 0 Å². The molecule has 12 heavy (non-hydrogen) atoms. The lowest BCUT2D eigenvalue weighted by atomic mass is 9.83. The fourth-order valence-electron chi connectivity index (χ4n) is 3.04. The summed E-state index contributed by atoms with van der Waals surface area (Å²) in [5.41, 5.74) is 0.479. The molecule has 0 spiro atoms. The molecule has 2 heteroatoms. The van der Waals surface area contributed by atoms with Crippen LogP contribution in [0.3, 0.4) is 0 Å². The summed E-state index contributed by atoms with van der Waals surface area (Å²) < 4.78 is 0. The summed E-state index contributed by atoms with van der Waals surface area (Å²) in [6, 6.07) is 0. The molecule has 2 aliphatic heterocycles. The van der Waals surface area contributed by atoms with Crippen molar-refractivity contribution in [2.75, 3.05) is 13.1 Å². The highest BCUT2D eigenvalue weighted by Crippen LogP contribution is 2.45. The van der Waals surface area contributed by atoms with E-state index in [2.05, 4.69) is 18.7 Å². The van der Waals surface area contributed by atoms with Crippen molar-refractivity contribution >= 4 is 11.6 Å². The van der Waals surface area contributed by atoms with Gasteiger partial charge in [0.1, 0.15) is 0 Å². The lowest BCUT2D eigenvalue weighted by molar-refractivity contribution is 0.136. The van der Waals surface area contributed by atoms with E-state index in [4.69, 9.17) is 11.6 Å². The molecule has 0 amide bonds. The largest absolute Gasteiger partial charge is 0.296 e. The van der Waals surface area contributed by atoms with Gasteiger partial charge < -0.3 is 0 Å². The molecule has 0 aromatic heterocycles. The zero-order valence-corrected chi connectivity index (χ0v) is 8.77. The molecule has 0 aliphatic carbocycles. The van der Waals surface area contributed by atoms with E-state index in [1.54, 1.807) is 0 Å². The highest BCUT2D eigenvalue weighted by Gasteiger charge is 2.49. The van der Waals surface area contributed by atoms with Crippen molar-refractivity contribution in [1.29, 1.82) is 0 Å². The number of fused-ring (bicyclic) bond motifs is 1. The molecular weight excluding hydrogens is 170 g/mol. The first-order valence-corrected chi connectivity index (χ1v) is 5.48. The van der Waals surface area contributed by atoms with Crippen LogP contribution in [0.5, 0.6) is 0 Å². The number of alkyl halides is 1. The summed E-state index contributed by atoms with van der Waals surface area (Å²) in [6.45, 7) is 7.08. The van der Waals surface area contributed by atoms with Crippen LogP contribution in [0.25, 0.3) is 0 Å². The third-order valence-corrected chi connectivity index (χ3v) is 4.03. The van der Waals surface area contributed by atoms with Gasteiger partial charge in [-0.25, -0.2) is 0 Å². The van der Waals surface area contributed by atoms with E-state index in [9.17, 15) is 0 Å². The lowest BCUT2D eigenvalue weighted by Crippen LogP contribution is -2.42. The maximum absolute atomic E-state index is 6.21. The van der Waals surface area contributed by atoms with Crippen LogP contribution in [0, 0.1) is 5.92 Å². The Labute approximate surface area is 80.1 Å². The van der Waals surface area contributed by atoms with Gasteiger partial charge in [-0.15, -0.1) is 11.6 Å². The predicted molar refractivity (Wildman–Crippen MR) is 52.6 cm³/mol. The van der Waals surface area contributed by atoms with Gasteiger partial charge in [0.2, 0.25) is 0 Å². The standard InChI is InChI=1S/C10H18ClN/c1-8(2)10-4-3-5-12(10)7-9(11)6-10/h8-9H,3-7H2,1-2H3. The van der Waals surface area contributed by atoms with Crippen molar-refractivity contribution in [3.63, 3.8) is 0 Å². The second-order valence-corrected chi connectivity index (χ2v) is 5.23. The first kappa shape index (κ1) is 8.83. The number of halogens is 1. The fraction of sp³-hybridized carbons (Fsp3) is 1.00. The molecule has 2 atom stereocenters. The monoisotopic (exact) mass is 187 g/mol. The van der Waals surface area contributed by atoms with Crippen LogP contribution in [0.1, 0.15) is 33.1 Å². The van der Waals surface area contributed by atoms with Gasteiger partial charge in [-0.2, -0.15) is 0 Å². The molecule has 0 bridgehead atoms. The Hall–Kier alpha value is 0.250. The van der Waals surface area contributed by atoms with E-state index in [-0.39, 0.29) is 0 Å². The van der Waals surface area contributed by atoms with Gasteiger partial charge in [0.15, 0.2) is 0 Å². The van der Waals surface area contributed by atoms with Gasteiger partial charge in [-0.05, 0) is 31.7 Å². The smallest absolute Gasteiger partial charge is 0.0481 e. The molecule has 0 aromatic rings. The van der Waals surface area contributed by atoms with E-state index in [0.29, 0.717) is 10.9 Å². The second-order valence-electron chi connectivity index (χ2n) is 4.61. The van der Waals surface area contributed by atoms with Crippen molar-refractivity contribution in [2.45, 2.75) is 44.0 Å². The van der Waals surface area contributed by atoms with E-state index in [0.717, 1.165) is 12.5 Å². The Balaban J connectivity index is 2.20. The van der Waals surface area contributed by atoms with Crippen LogP contribution in [0.2, 0.25) is 0 Å². The third-order valence-electron chi connectivity index (χ3n) is 3.74. The average molecular weight is 188 g/mol. The van der Waals surface area contributed by atoms with Crippen LogP contribution >= 0.6 is 11.6 Å². The van der Waals surface area contributed by atoms with E-state index in [1.807, 2.05) is 0 Å². The molecular formula is C10H18ClN. The minimum atomic E-state index is 0.410. The van der Waals surface area contributed by atoms with Crippen LogP contribution in [0.4, 0.5) is 0 Å². The Morgan fingerprint density at radius 2 is 2.25 bits per heavy atom. The van der Waals surface area contributed by atoms with E-state index >= 15 is 0 Å². The zero-order valence-electron chi connectivity index (χ0n) is 8.02. The molecule has 70 valence electrons. The van der Waals surface area contributed by atoms with Crippen molar-refractivity contribution < 1.29 is 0 Å². The third kappa shape index (κ3) is 1.10. The van der Waals surface area contributed by atoms with Crippen LogP contribution in [0.15, 0.2) is 0 Å². The minimum Gasteiger partial charge on any atom is -0.296 e. The van der Waals surface area contributed by atoms with Crippen LogP contribution in [-0.2, 0) is 0 Å². The molecule has 2 rings (SSSR count). The molecule has 0 aromatic carbocycles. The zero-order chi connectivity index (χ0) is 8.77. The van der Waals surface area contributed by atoms with Gasteiger partial charge >= 0.3 is 0 Å². The fourth-order valence-corrected chi connectivity index (χ4v) is 3.47. The summed E-state index contributed by atoms with van der Waals surface area (Å²) >= 11 is 6.21. The molecule has 2 unspecified atom stereocenters. The van der Waals surface area contributed by atoms with Gasteiger partial charge in [-0.3, -0.25) is 4.90 Å². The summed E-state index contributed by atoms with van der Waals surface area (Å²) in [5.74, 6) is 0.767. The van der Waals surface area contributed by atoms with Crippen molar-refractivity contribution in [3.05, 3.63) is 0 Å². The Morgan fingerprint density at radius 1 is 1.50 bits per heavy atom. The number of hydrogen-bond donors (Lipinski definition) is 0. The van der Waals surface area contributed by atoms with Crippen LogP contribution in [-0.4, -0.2) is 28.9 Å². The average Bonchev–Trinajstić information content (AvgIpc) is 2.42. The van der Waals surface area contributed by atoms with Crippen molar-refractivity contribution in [2.24, 2.45) is 5.92 Å². The lowest BCUT2D eigenvalue weighted by Gasteiger charge is -2.36. The number of nitrogens with zero attached hydrogens (tertiary/aromatic N) is 1.